The van der Waals surface area contributed by atoms with E-state index in [4.69, 9.17) is 23.6 Å². The zero-order chi connectivity index (χ0) is 27.5. The van der Waals surface area contributed by atoms with E-state index in [9.17, 15) is 0 Å². The first-order valence-corrected chi connectivity index (χ1v) is 20.2. The van der Waals surface area contributed by atoms with Gasteiger partial charge in [-0.05, 0) is 34.9 Å². The molecule has 210 valence electrons. The Bertz CT molecular complexity index is 1230. The van der Waals surface area contributed by atoms with Gasteiger partial charge in [0.2, 0.25) is 0 Å². The van der Waals surface area contributed by atoms with Gasteiger partial charge in [0.05, 0.1) is 0 Å². The van der Waals surface area contributed by atoms with Gasteiger partial charge in [0.25, 0.3) is 0 Å². The first-order chi connectivity index (χ1) is 18.9. The Morgan fingerprint density at radius 1 is 0.750 bits per heavy atom. The fourth-order valence-electron chi connectivity index (χ4n) is 7.16. The number of hydrogen-bond acceptors (Lipinski definition) is 1. The van der Waals surface area contributed by atoms with Crippen LogP contribution in [0, 0.1) is 19.3 Å². The minimum atomic E-state index is -2.52. The summed E-state index contributed by atoms with van der Waals surface area (Å²) in [6.07, 6.45) is 10.8. The van der Waals surface area contributed by atoms with Crippen molar-refractivity contribution in [2.24, 2.45) is 11.8 Å². The fourth-order valence-corrected chi connectivity index (χ4v) is 12.7. The van der Waals surface area contributed by atoms with Gasteiger partial charge in [0, 0.05) is 27.4 Å². The summed E-state index contributed by atoms with van der Waals surface area (Å²) in [7, 11) is 7.26. The van der Waals surface area contributed by atoms with Gasteiger partial charge in [0.1, 0.15) is 0 Å². The van der Waals surface area contributed by atoms with Crippen molar-refractivity contribution < 1.29 is 17.0 Å². The zero-order valence-electron chi connectivity index (χ0n) is 24.0. The molecule has 1 saturated carbocycles. The fraction of sp³-hybridized carbons (Fsp3) is 0.324. The first kappa shape index (κ1) is 31.5. The summed E-state index contributed by atoms with van der Waals surface area (Å²) in [5, 5.41) is 2.89. The molecule has 2 aliphatic carbocycles. The molecule has 40 heavy (non-hydrogen) atoms. The SMILES string of the molecule is CC(C)(C)[N-][Si](c1ccccc1)(c1ccccc1)C1CC(N2Cc3ccccc3C2)C2C=CC=CC21.[CH3-].[Cl][Ti][Cl]. The molecule has 4 unspecified atom stereocenters. The van der Waals surface area contributed by atoms with Crippen molar-refractivity contribution in [1.82, 2.24) is 4.90 Å². The van der Waals surface area contributed by atoms with Crippen molar-refractivity contribution in [3.8, 4) is 0 Å². The van der Waals surface area contributed by atoms with Crippen molar-refractivity contribution in [3.05, 3.63) is 133 Å². The Morgan fingerprint density at radius 3 is 1.68 bits per heavy atom. The van der Waals surface area contributed by atoms with Crippen LogP contribution in [0.3, 0.4) is 0 Å². The molecule has 3 aromatic carbocycles. The second kappa shape index (κ2) is 13.7. The van der Waals surface area contributed by atoms with Crippen LogP contribution in [0.15, 0.2) is 109 Å². The van der Waals surface area contributed by atoms with Gasteiger partial charge in [0.15, 0.2) is 0 Å². The van der Waals surface area contributed by atoms with E-state index in [0.717, 1.165) is 13.1 Å². The van der Waals surface area contributed by atoms with Crippen LogP contribution in [0.1, 0.15) is 38.3 Å². The summed E-state index contributed by atoms with van der Waals surface area (Å²) in [6, 6.07) is 32.2. The van der Waals surface area contributed by atoms with Gasteiger partial charge >= 0.3 is 35.6 Å². The van der Waals surface area contributed by atoms with E-state index in [-0.39, 0.29) is 13.0 Å². The quantitative estimate of drug-likeness (QED) is 0.207. The Morgan fingerprint density at radius 2 is 1.20 bits per heavy atom. The Balaban J connectivity index is 0.000000886. The molecule has 0 aromatic heterocycles. The van der Waals surface area contributed by atoms with Crippen LogP contribution in [0.5, 0.6) is 0 Å². The monoisotopic (exact) mass is 622 g/mol. The number of halogens is 2. The van der Waals surface area contributed by atoms with Crippen LogP contribution in [0.2, 0.25) is 5.54 Å². The molecule has 4 atom stereocenters. The summed E-state index contributed by atoms with van der Waals surface area (Å²) in [6.45, 7) is 9.00. The minimum absolute atomic E-state index is 0. The molecule has 2 nitrogen and oxygen atoms in total. The number of hydrogen-bond donors (Lipinski definition) is 0. The van der Waals surface area contributed by atoms with Crippen LogP contribution >= 0.6 is 18.6 Å². The van der Waals surface area contributed by atoms with E-state index in [1.165, 1.54) is 27.9 Å². The summed E-state index contributed by atoms with van der Waals surface area (Å²) in [4.78, 5) is 8.68. The molecule has 0 bridgehead atoms. The van der Waals surface area contributed by atoms with Crippen molar-refractivity contribution in [2.45, 2.75) is 57.4 Å². The van der Waals surface area contributed by atoms with Crippen LogP contribution in [-0.4, -0.2) is 24.7 Å². The second-order valence-electron chi connectivity index (χ2n) is 11.9. The molecule has 6 rings (SSSR count). The normalized spacial score (nSPS) is 23.4. The molecule has 1 aliphatic heterocycles. The van der Waals surface area contributed by atoms with Crippen molar-refractivity contribution in [1.29, 1.82) is 0 Å². The van der Waals surface area contributed by atoms with Crippen molar-refractivity contribution in [2.75, 3.05) is 0 Å². The second-order valence-corrected chi connectivity index (χ2v) is 18.1. The van der Waals surface area contributed by atoms with E-state index >= 15 is 0 Å². The number of rotatable bonds is 5. The number of fused-ring (bicyclic) bond motifs is 2. The van der Waals surface area contributed by atoms with E-state index in [2.05, 4.69) is 135 Å². The topological polar surface area (TPSA) is 17.3 Å². The molecule has 1 fully saturated rings. The van der Waals surface area contributed by atoms with Crippen LogP contribution in [0.25, 0.3) is 4.98 Å². The van der Waals surface area contributed by atoms with Gasteiger partial charge < -0.3 is 12.4 Å². The summed E-state index contributed by atoms with van der Waals surface area (Å²) >= 11 is -0.556. The van der Waals surface area contributed by atoms with E-state index < -0.39 is 25.3 Å². The average Bonchev–Trinajstić information content (AvgIpc) is 3.55. The van der Waals surface area contributed by atoms with Gasteiger partial charge in [-0.1, -0.05) is 140 Å². The van der Waals surface area contributed by atoms with Crippen LogP contribution in [-0.2, 0) is 30.1 Å². The third-order valence-electron chi connectivity index (χ3n) is 8.44. The molecule has 0 radical (unpaired) electrons. The Hall–Kier alpha value is -1.43. The Kier molecular flexibility index (Phi) is 10.8. The predicted molar refractivity (Wildman–Crippen MR) is 172 cm³/mol. The van der Waals surface area contributed by atoms with Gasteiger partial charge in [-0.3, -0.25) is 4.90 Å². The Labute approximate surface area is 259 Å². The summed E-state index contributed by atoms with van der Waals surface area (Å²) in [5.41, 5.74) is 3.38. The molecular weight excluding hydrogens is 583 g/mol. The molecule has 6 heteroatoms. The molecule has 0 spiro atoms. The van der Waals surface area contributed by atoms with Crippen molar-refractivity contribution in [3.63, 3.8) is 0 Å². The predicted octanol–water partition coefficient (Wildman–Crippen LogP) is 8.26. The molecular formula is C34H40Cl2N2SiTi-2. The molecule has 0 saturated heterocycles. The van der Waals surface area contributed by atoms with E-state index in [0.29, 0.717) is 23.4 Å². The van der Waals surface area contributed by atoms with Gasteiger partial charge in [-0.2, -0.15) is 0 Å². The van der Waals surface area contributed by atoms with E-state index in [1.807, 2.05) is 0 Å². The van der Waals surface area contributed by atoms with Crippen LogP contribution < -0.4 is 10.4 Å². The number of benzene rings is 3. The maximum absolute atomic E-state index is 5.92. The van der Waals surface area contributed by atoms with Gasteiger partial charge in [-0.15, -0.1) is 5.54 Å². The standard InChI is InChI=1S/C33H37N2Si.CH3.2ClH.Ti/c1-33(2,3)34-36(27-16-6-4-7-17-27,28-18-8-5-9-19-28)32-22-31(29-20-12-13-21-30(29)32)35-23-25-14-10-11-15-26(25)24-35;;;;/h4-21,29-32H,22-24H2,1-3H3;1H3;2*1H;/q2*-1;;;+2/p-2. The van der Waals surface area contributed by atoms with Crippen LogP contribution in [0.4, 0.5) is 0 Å². The number of allylic oxidation sites excluding steroid dienone is 3. The third kappa shape index (κ3) is 6.47. The zero-order valence-corrected chi connectivity index (χ0v) is 28.0. The first-order valence-electron chi connectivity index (χ1n) is 13.8. The molecule has 3 aromatic rings. The van der Waals surface area contributed by atoms with E-state index in [1.54, 1.807) is 0 Å². The summed E-state index contributed by atoms with van der Waals surface area (Å²) < 4.78 is 0. The molecule has 0 amide bonds. The molecule has 0 N–H and O–H groups in total. The molecule has 1 heterocycles. The number of nitrogens with zero attached hydrogens (tertiary/aromatic N) is 2. The summed E-state index contributed by atoms with van der Waals surface area (Å²) in [5.74, 6) is 1.03. The van der Waals surface area contributed by atoms with Gasteiger partial charge in [-0.25, -0.2) is 0 Å². The maximum atomic E-state index is 5.92. The average molecular weight is 624 g/mol. The third-order valence-corrected chi connectivity index (χ3v) is 13.6. The molecule has 3 aliphatic rings. The van der Waals surface area contributed by atoms with Crippen molar-refractivity contribution >= 4 is 37.2 Å².